The van der Waals surface area contributed by atoms with Gasteiger partial charge in [-0.1, -0.05) is 0 Å². The van der Waals surface area contributed by atoms with Gasteiger partial charge in [0, 0.05) is 0 Å². The van der Waals surface area contributed by atoms with Gasteiger partial charge in [0.1, 0.15) is 0 Å². The van der Waals surface area contributed by atoms with Crippen molar-refractivity contribution < 1.29 is 18.3 Å². The quantitative estimate of drug-likeness (QED) is 0.789. The molecule has 0 fully saturated rings. The molecule has 0 radical (unpaired) electrons. The fraction of sp³-hybridized carbons (Fsp3) is 0.455. The van der Waals surface area contributed by atoms with E-state index in [2.05, 4.69) is 0 Å². The second-order valence-corrected chi connectivity index (χ2v) is 5.40. The van der Waals surface area contributed by atoms with Gasteiger partial charge in [0.15, 0.2) is 0 Å². The van der Waals surface area contributed by atoms with E-state index in [1.807, 2.05) is 0 Å². The Morgan fingerprint density at radius 2 is 1.88 bits per heavy atom. The van der Waals surface area contributed by atoms with Crippen LogP contribution in [0.3, 0.4) is 0 Å². The van der Waals surface area contributed by atoms with Crippen LogP contribution in [0.15, 0.2) is 12.1 Å². The van der Waals surface area contributed by atoms with Crippen molar-refractivity contribution in [1.82, 2.24) is 0 Å². The molecule has 96 valence electrons. The van der Waals surface area contributed by atoms with Crippen molar-refractivity contribution >= 4 is 19.4 Å². The maximum atomic E-state index is 12.4. The predicted octanol–water partition coefficient (Wildman–Crippen LogP) is 0.757. The Morgan fingerprint density at radius 1 is 1.24 bits per heavy atom. The number of halogens is 2. The van der Waals surface area contributed by atoms with E-state index in [0.717, 1.165) is 5.56 Å². The zero-order valence-electron chi connectivity index (χ0n) is 9.70. The molecule has 17 heavy (non-hydrogen) atoms. The Bertz CT molecular complexity index is 375. The Labute approximate surface area is 105 Å². The summed E-state index contributed by atoms with van der Waals surface area (Å²) in [7, 11) is 2.99. The average Bonchev–Trinajstić information content (AvgIpc) is 2.30. The first kappa shape index (κ1) is 14.2. The molecular weight excluding hydrogens is 295 g/mol. The van der Waals surface area contributed by atoms with Crippen molar-refractivity contribution in [2.75, 3.05) is 20.8 Å². The number of benzene rings is 1. The molecule has 0 aromatic heterocycles. The molecule has 0 atom stereocenters. The Kier molecular flexibility index (Phi) is 5.68. The number of alkyl halides is 2. The van der Waals surface area contributed by atoms with E-state index in [-0.39, 0.29) is 0 Å². The second kappa shape index (κ2) is 6.79. The summed E-state index contributed by atoms with van der Waals surface area (Å²) in [6.45, 7) is 0.471. The summed E-state index contributed by atoms with van der Waals surface area (Å²) in [5, 5.41) is -2.35. The van der Waals surface area contributed by atoms with Crippen LogP contribution in [0.25, 0.3) is 0 Å². The number of nitrogens with two attached hydrogens (primary N) is 1. The summed E-state index contributed by atoms with van der Waals surface area (Å²) in [5.41, 5.74) is 6.36. The van der Waals surface area contributed by atoms with Crippen molar-refractivity contribution in [3.05, 3.63) is 17.7 Å². The molecule has 0 aliphatic rings. The Morgan fingerprint density at radius 3 is 2.35 bits per heavy atom. The van der Waals surface area contributed by atoms with Crippen LogP contribution < -0.4 is 19.7 Å². The molecule has 0 unspecified atom stereocenters. The van der Waals surface area contributed by atoms with Crippen molar-refractivity contribution in [2.24, 2.45) is 5.73 Å². The minimum absolute atomic E-state index is 0.471. The van der Waals surface area contributed by atoms with Crippen molar-refractivity contribution in [1.29, 1.82) is 0 Å². The van der Waals surface area contributed by atoms with E-state index < -0.39 is 20.3 Å². The van der Waals surface area contributed by atoms with E-state index in [0.29, 0.717) is 28.9 Å². The van der Waals surface area contributed by atoms with Crippen LogP contribution >= 0.6 is 0 Å². The van der Waals surface area contributed by atoms with Crippen LogP contribution in [-0.4, -0.2) is 41.0 Å². The molecule has 3 nitrogen and oxygen atoms in total. The molecule has 0 aliphatic heterocycles. The van der Waals surface area contributed by atoms with Gasteiger partial charge in [-0.2, -0.15) is 0 Å². The van der Waals surface area contributed by atoms with Gasteiger partial charge in [0.2, 0.25) is 0 Å². The molecule has 0 saturated carbocycles. The second-order valence-electron chi connectivity index (χ2n) is 3.23. The summed E-state index contributed by atoms with van der Waals surface area (Å²) in [4.78, 5) is 0. The number of hydrogen-bond donors (Lipinski definition) is 1. The monoisotopic (exact) mass is 311 g/mol. The third-order valence-electron chi connectivity index (χ3n) is 2.20. The fourth-order valence-electron chi connectivity index (χ4n) is 1.47. The van der Waals surface area contributed by atoms with Gasteiger partial charge in [-0.15, -0.1) is 0 Å². The molecule has 0 aliphatic carbocycles. The van der Waals surface area contributed by atoms with Crippen LogP contribution in [0.1, 0.15) is 5.56 Å². The van der Waals surface area contributed by atoms with E-state index in [9.17, 15) is 8.78 Å². The van der Waals surface area contributed by atoms with Gasteiger partial charge >= 0.3 is 105 Å². The van der Waals surface area contributed by atoms with Gasteiger partial charge in [-0.25, -0.2) is 0 Å². The Hall–Kier alpha value is -0.841. The van der Waals surface area contributed by atoms with E-state index in [1.54, 1.807) is 12.1 Å². The van der Waals surface area contributed by atoms with Gasteiger partial charge in [-0.05, 0) is 0 Å². The van der Waals surface area contributed by atoms with Gasteiger partial charge in [-0.3, -0.25) is 0 Å². The molecule has 0 amide bonds. The molecule has 6 heteroatoms. The molecule has 1 aromatic rings. The first-order valence-electron chi connectivity index (χ1n) is 5.02. The van der Waals surface area contributed by atoms with Crippen LogP contribution in [0, 0.1) is 0 Å². The minimum atomic E-state index is -2.35. The molecule has 1 aromatic carbocycles. The molecular formula is C11H15F2NO2Se. The van der Waals surface area contributed by atoms with Crippen LogP contribution in [0.4, 0.5) is 8.78 Å². The van der Waals surface area contributed by atoms with E-state index >= 15 is 0 Å². The molecule has 0 bridgehead atoms. The van der Waals surface area contributed by atoms with Crippen LogP contribution in [0.2, 0.25) is 0 Å². The predicted molar refractivity (Wildman–Crippen MR) is 63.7 cm³/mol. The van der Waals surface area contributed by atoms with E-state index in [1.165, 1.54) is 14.2 Å². The van der Waals surface area contributed by atoms with Gasteiger partial charge in [0.05, 0.1) is 0 Å². The Balaban J connectivity index is 3.12. The number of rotatable bonds is 6. The maximum absolute atomic E-state index is 12.4. The number of methoxy groups -OCH3 is 2. The number of ether oxygens (including phenoxy) is 2. The molecule has 0 saturated heterocycles. The third kappa shape index (κ3) is 3.84. The van der Waals surface area contributed by atoms with Crippen molar-refractivity contribution in [2.45, 2.75) is 11.7 Å². The molecule has 0 heterocycles. The number of hydrogen-bond acceptors (Lipinski definition) is 3. The zero-order valence-corrected chi connectivity index (χ0v) is 11.4. The first-order valence-corrected chi connectivity index (χ1v) is 6.86. The first-order chi connectivity index (χ1) is 8.12. The summed E-state index contributed by atoms with van der Waals surface area (Å²) < 4.78 is 35.7. The summed E-state index contributed by atoms with van der Waals surface area (Å²) >= 11 is -0.931. The fourth-order valence-corrected chi connectivity index (χ4v) is 2.78. The summed E-state index contributed by atoms with van der Waals surface area (Å²) in [5.74, 6) is 1.07. The molecule has 2 N–H and O–H groups in total. The van der Waals surface area contributed by atoms with Crippen LogP contribution in [-0.2, 0) is 6.42 Å². The normalized spacial score (nSPS) is 10.7. The molecule has 1 rings (SSSR count). The average molecular weight is 310 g/mol. The summed E-state index contributed by atoms with van der Waals surface area (Å²) in [6, 6.07) is 3.35. The van der Waals surface area contributed by atoms with Crippen molar-refractivity contribution in [3.63, 3.8) is 0 Å². The van der Waals surface area contributed by atoms with Gasteiger partial charge < -0.3 is 0 Å². The topological polar surface area (TPSA) is 44.5 Å². The SMILES string of the molecule is COc1cc([Se]C(F)F)c(OC)cc1CCN. The third-order valence-corrected chi connectivity index (χ3v) is 3.77. The van der Waals surface area contributed by atoms with Crippen molar-refractivity contribution in [3.8, 4) is 11.5 Å². The zero-order chi connectivity index (χ0) is 12.8. The van der Waals surface area contributed by atoms with Crippen LogP contribution in [0.5, 0.6) is 11.5 Å². The van der Waals surface area contributed by atoms with Gasteiger partial charge in [0.25, 0.3) is 0 Å². The van der Waals surface area contributed by atoms with E-state index in [4.69, 9.17) is 15.2 Å². The summed E-state index contributed by atoms with van der Waals surface area (Å²) in [6.07, 6.45) is 0.626. The molecule has 0 spiro atoms. The standard InChI is InChI=1S/C11H15F2NO2Se/c1-15-8-6-10(17-11(12)13)9(16-2)5-7(8)3-4-14/h5-6,11H,3-4,14H2,1-2H3.